The van der Waals surface area contributed by atoms with E-state index in [1.165, 1.54) is 0 Å². The molecule has 0 rings (SSSR count). The minimum Gasteiger partial charge on any atom is -0.391 e. The third-order valence-electron chi connectivity index (χ3n) is 0.801. The van der Waals surface area contributed by atoms with Crippen molar-refractivity contribution in [1.29, 1.82) is 0 Å². The zero-order chi connectivity index (χ0) is 6.41. The Morgan fingerprint density at radius 2 is 2.38 bits per heavy atom. The molecule has 3 heteroatoms. The number of aliphatic hydroxyl groups excluding tert-OH is 1. The van der Waals surface area contributed by atoms with Gasteiger partial charge in [-0.3, -0.25) is 0 Å². The molecule has 0 aliphatic rings. The summed E-state index contributed by atoms with van der Waals surface area (Å²) in [6.07, 6.45) is 0.561. The molecule has 0 saturated heterocycles. The molecular formula is C5H11IO2. The highest BCUT2D eigenvalue weighted by Gasteiger charge is 1.99. The Labute approximate surface area is 63.4 Å². The summed E-state index contributed by atoms with van der Waals surface area (Å²) in [7, 11) is 1.59. The van der Waals surface area contributed by atoms with Gasteiger partial charge in [-0.15, -0.1) is 0 Å². The summed E-state index contributed by atoms with van der Waals surface area (Å²) in [5, 5.41) is 8.92. The van der Waals surface area contributed by atoms with Crippen molar-refractivity contribution in [2.45, 2.75) is 12.5 Å². The van der Waals surface area contributed by atoms with Crippen molar-refractivity contribution in [3.8, 4) is 0 Å². The van der Waals surface area contributed by atoms with Crippen molar-refractivity contribution >= 4 is 22.6 Å². The number of hydrogen-bond acceptors (Lipinski definition) is 2. The lowest BCUT2D eigenvalue weighted by atomic mass is 10.3. The molecule has 0 radical (unpaired) electrons. The zero-order valence-corrected chi connectivity index (χ0v) is 7.09. The molecule has 0 aliphatic heterocycles. The van der Waals surface area contributed by atoms with Crippen LogP contribution in [0.2, 0.25) is 0 Å². The van der Waals surface area contributed by atoms with E-state index in [2.05, 4.69) is 22.6 Å². The molecule has 0 spiro atoms. The van der Waals surface area contributed by atoms with E-state index < -0.39 is 0 Å². The van der Waals surface area contributed by atoms with E-state index in [1.807, 2.05) is 0 Å². The van der Waals surface area contributed by atoms with Crippen LogP contribution in [0.4, 0.5) is 0 Å². The molecule has 0 aliphatic carbocycles. The van der Waals surface area contributed by atoms with Gasteiger partial charge in [0, 0.05) is 11.5 Å². The molecular weight excluding hydrogens is 219 g/mol. The molecule has 8 heavy (non-hydrogen) atoms. The first-order chi connectivity index (χ1) is 3.81. The van der Waals surface area contributed by atoms with E-state index in [4.69, 9.17) is 9.84 Å². The summed E-state index contributed by atoms with van der Waals surface area (Å²) in [4.78, 5) is 0. The molecule has 1 N–H and O–H groups in total. The normalized spacial score (nSPS) is 13.9. The van der Waals surface area contributed by atoms with Crippen molar-refractivity contribution in [1.82, 2.24) is 0 Å². The molecule has 0 aromatic heterocycles. The van der Waals surface area contributed by atoms with Crippen molar-refractivity contribution in [2.75, 3.05) is 18.1 Å². The quantitative estimate of drug-likeness (QED) is 0.572. The fraction of sp³-hybridized carbons (Fsp3) is 1.00. The highest BCUT2D eigenvalue weighted by atomic mass is 127. The van der Waals surface area contributed by atoms with Crippen LogP contribution in [0.5, 0.6) is 0 Å². The maximum Gasteiger partial charge on any atom is 0.0780 e. The second-order valence-electron chi connectivity index (χ2n) is 1.59. The summed E-state index contributed by atoms with van der Waals surface area (Å²) in [5.41, 5.74) is 0. The van der Waals surface area contributed by atoms with E-state index in [9.17, 15) is 0 Å². The van der Waals surface area contributed by atoms with Crippen molar-refractivity contribution in [2.24, 2.45) is 0 Å². The van der Waals surface area contributed by atoms with Crippen LogP contribution in [-0.2, 0) is 4.74 Å². The van der Waals surface area contributed by atoms with Crippen LogP contribution in [0.15, 0.2) is 0 Å². The van der Waals surface area contributed by atoms with Gasteiger partial charge in [0.05, 0.1) is 12.7 Å². The molecule has 0 aromatic carbocycles. The first kappa shape index (κ1) is 8.65. The smallest absolute Gasteiger partial charge is 0.0780 e. The Morgan fingerprint density at radius 3 is 2.75 bits per heavy atom. The summed E-state index contributed by atoms with van der Waals surface area (Å²) in [6, 6.07) is 0. The van der Waals surface area contributed by atoms with Gasteiger partial charge in [0.15, 0.2) is 0 Å². The first-order valence-corrected chi connectivity index (χ1v) is 4.06. The molecule has 0 heterocycles. The van der Waals surface area contributed by atoms with E-state index in [0.29, 0.717) is 6.61 Å². The molecule has 1 atom stereocenters. The van der Waals surface area contributed by atoms with Crippen molar-refractivity contribution in [3.05, 3.63) is 0 Å². The van der Waals surface area contributed by atoms with Gasteiger partial charge in [-0.2, -0.15) is 0 Å². The second-order valence-corrected chi connectivity index (χ2v) is 2.67. The van der Waals surface area contributed by atoms with Crippen LogP contribution in [0.25, 0.3) is 0 Å². The maximum absolute atomic E-state index is 8.92. The Kier molecular flexibility index (Phi) is 6.25. The van der Waals surface area contributed by atoms with Gasteiger partial charge < -0.3 is 9.84 Å². The van der Waals surface area contributed by atoms with Crippen LogP contribution in [0.1, 0.15) is 6.42 Å². The van der Waals surface area contributed by atoms with E-state index in [0.717, 1.165) is 10.8 Å². The molecule has 0 fully saturated rings. The van der Waals surface area contributed by atoms with Crippen LogP contribution in [0, 0.1) is 0 Å². The van der Waals surface area contributed by atoms with Gasteiger partial charge in [0.25, 0.3) is 0 Å². The lowest BCUT2D eigenvalue weighted by Crippen LogP contribution is -2.13. The molecule has 0 amide bonds. The third kappa shape index (κ3) is 4.80. The van der Waals surface area contributed by atoms with Gasteiger partial charge in [-0.1, -0.05) is 22.6 Å². The number of ether oxygens (including phenoxy) is 1. The number of methoxy groups -OCH3 is 1. The van der Waals surface area contributed by atoms with Crippen molar-refractivity contribution in [3.63, 3.8) is 0 Å². The second kappa shape index (κ2) is 5.78. The molecule has 50 valence electrons. The fourth-order valence-electron chi connectivity index (χ4n) is 0.402. The first-order valence-electron chi connectivity index (χ1n) is 2.54. The number of alkyl halides is 1. The average Bonchev–Trinajstić information content (AvgIpc) is 1.68. The SMILES string of the molecule is COCC(O)CCI. The molecule has 1 unspecified atom stereocenters. The summed E-state index contributed by atoms with van der Waals surface area (Å²) in [6.45, 7) is 0.461. The monoisotopic (exact) mass is 230 g/mol. The zero-order valence-electron chi connectivity index (χ0n) is 4.93. The van der Waals surface area contributed by atoms with Gasteiger partial charge in [-0.05, 0) is 6.42 Å². The summed E-state index contributed by atoms with van der Waals surface area (Å²) < 4.78 is 5.69. The van der Waals surface area contributed by atoms with Gasteiger partial charge in [0.1, 0.15) is 0 Å². The molecule has 0 aromatic rings. The van der Waals surface area contributed by atoms with Crippen molar-refractivity contribution < 1.29 is 9.84 Å². The average molecular weight is 230 g/mol. The maximum atomic E-state index is 8.92. The Hall–Kier alpha value is 0.650. The number of hydrogen-bond donors (Lipinski definition) is 1. The minimum atomic E-state index is -0.267. The standard InChI is InChI=1S/C5H11IO2/c1-8-4-5(7)2-3-6/h5,7H,2-4H2,1H3. The predicted molar refractivity (Wildman–Crippen MR) is 41.4 cm³/mol. The summed E-state index contributed by atoms with van der Waals surface area (Å²) in [5.74, 6) is 0. The summed E-state index contributed by atoms with van der Waals surface area (Å²) >= 11 is 2.23. The van der Waals surface area contributed by atoms with Crippen LogP contribution in [-0.4, -0.2) is 29.4 Å². The predicted octanol–water partition coefficient (Wildman–Crippen LogP) is 0.819. The van der Waals surface area contributed by atoms with Gasteiger partial charge >= 0.3 is 0 Å². The lowest BCUT2D eigenvalue weighted by Gasteiger charge is -2.04. The number of aliphatic hydroxyl groups is 1. The topological polar surface area (TPSA) is 29.5 Å². The number of rotatable bonds is 4. The Morgan fingerprint density at radius 1 is 1.75 bits per heavy atom. The fourth-order valence-corrected chi connectivity index (χ4v) is 1.12. The van der Waals surface area contributed by atoms with Crippen LogP contribution < -0.4 is 0 Å². The van der Waals surface area contributed by atoms with Crippen LogP contribution in [0.3, 0.4) is 0 Å². The molecule has 0 saturated carbocycles. The lowest BCUT2D eigenvalue weighted by molar-refractivity contribution is 0.0636. The van der Waals surface area contributed by atoms with E-state index >= 15 is 0 Å². The number of halogens is 1. The van der Waals surface area contributed by atoms with Crippen LogP contribution >= 0.6 is 22.6 Å². The van der Waals surface area contributed by atoms with E-state index in [1.54, 1.807) is 7.11 Å². The molecule has 2 nitrogen and oxygen atoms in total. The Balaban J connectivity index is 2.92. The highest BCUT2D eigenvalue weighted by molar-refractivity contribution is 14.1. The van der Waals surface area contributed by atoms with Gasteiger partial charge in [0.2, 0.25) is 0 Å². The minimum absolute atomic E-state index is 0.267. The highest BCUT2D eigenvalue weighted by Crippen LogP contribution is 1.95. The van der Waals surface area contributed by atoms with E-state index in [-0.39, 0.29) is 6.10 Å². The third-order valence-corrected chi connectivity index (χ3v) is 1.42. The Bertz CT molecular complexity index is 43.7. The molecule has 0 bridgehead atoms. The van der Waals surface area contributed by atoms with Gasteiger partial charge in [-0.25, -0.2) is 0 Å². The largest absolute Gasteiger partial charge is 0.391 e.